The molecule has 0 radical (unpaired) electrons. The van der Waals surface area contributed by atoms with Crippen LogP contribution >= 0.6 is 0 Å². The topological polar surface area (TPSA) is 58.2 Å². The van der Waals surface area contributed by atoms with Crippen LogP contribution in [0.5, 0.6) is 0 Å². The van der Waals surface area contributed by atoms with Crippen molar-refractivity contribution < 1.29 is 9.59 Å². The second-order valence-electron chi connectivity index (χ2n) is 6.89. The highest BCUT2D eigenvalue weighted by molar-refractivity contribution is 6.35. The highest BCUT2D eigenvalue weighted by Crippen LogP contribution is 2.24. The summed E-state index contributed by atoms with van der Waals surface area (Å²) in [5.41, 5.74) is 3.90. The zero-order valence-electron chi connectivity index (χ0n) is 13.9. The molecule has 0 spiro atoms. The van der Waals surface area contributed by atoms with E-state index in [1.807, 2.05) is 6.92 Å². The number of rotatable bonds is 3. The molecule has 1 saturated carbocycles. The first-order valence-electron chi connectivity index (χ1n) is 8.86. The number of fused-ring (bicyclic) bond motifs is 1. The third-order valence-electron chi connectivity index (χ3n) is 5.12. The number of nitrogens with one attached hydrogen (secondary N) is 2. The summed E-state index contributed by atoms with van der Waals surface area (Å²) in [5.74, 6) is -1.02. The van der Waals surface area contributed by atoms with Gasteiger partial charge >= 0.3 is 11.8 Å². The predicted octanol–water partition coefficient (Wildman–Crippen LogP) is 2.80. The van der Waals surface area contributed by atoms with Gasteiger partial charge in [0.25, 0.3) is 0 Å². The molecule has 1 aromatic carbocycles. The number of carbonyl (C=O) groups is 2. The molecule has 124 valence electrons. The Kier molecular flexibility index (Phi) is 4.99. The SMILES string of the molecule is CC(NC(=O)C(=O)NC1CCCC1)c1ccc2c(c1)CCCC2. The number of hydrogen-bond donors (Lipinski definition) is 2. The summed E-state index contributed by atoms with van der Waals surface area (Å²) < 4.78 is 0. The first-order valence-corrected chi connectivity index (χ1v) is 8.86. The van der Waals surface area contributed by atoms with Gasteiger partial charge in [0.2, 0.25) is 0 Å². The number of benzene rings is 1. The van der Waals surface area contributed by atoms with Crippen molar-refractivity contribution in [2.24, 2.45) is 0 Å². The van der Waals surface area contributed by atoms with E-state index in [1.54, 1.807) is 0 Å². The highest BCUT2D eigenvalue weighted by atomic mass is 16.2. The Balaban J connectivity index is 1.58. The normalized spacial score (nSPS) is 19.0. The average molecular weight is 314 g/mol. The molecule has 0 aromatic heterocycles. The van der Waals surface area contributed by atoms with Gasteiger partial charge in [-0.25, -0.2) is 0 Å². The summed E-state index contributed by atoms with van der Waals surface area (Å²) >= 11 is 0. The molecule has 0 aliphatic heterocycles. The van der Waals surface area contributed by atoms with Crippen LogP contribution in [0.15, 0.2) is 18.2 Å². The lowest BCUT2D eigenvalue weighted by molar-refractivity contribution is -0.140. The lowest BCUT2D eigenvalue weighted by atomic mass is 9.89. The molecule has 2 aliphatic carbocycles. The molecule has 2 N–H and O–H groups in total. The van der Waals surface area contributed by atoms with Crippen molar-refractivity contribution in [3.63, 3.8) is 0 Å². The number of amides is 2. The van der Waals surface area contributed by atoms with Crippen LogP contribution < -0.4 is 10.6 Å². The lowest BCUT2D eigenvalue weighted by Crippen LogP contribution is -2.44. The van der Waals surface area contributed by atoms with E-state index in [9.17, 15) is 9.59 Å². The molecule has 23 heavy (non-hydrogen) atoms. The van der Waals surface area contributed by atoms with Gasteiger partial charge in [0.05, 0.1) is 6.04 Å². The van der Waals surface area contributed by atoms with E-state index in [2.05, 4.69) is 28.8 Å². The van der Waals surface area contributed by atoms with Crippen LogP contribution in [0.4, 0.5) is 0 Å². The summed E-state index contributed by atoms with van der Waals surface area (Å²) in [5, 5.41) is 5.66. The van der Waals surface area contributed by atoms with Gasteiger partial charge in [0.1, 0.15) is 0 Å². The van der Waals surface area contributed by atoms with E-state index in [1.165, 1.54) is 24.0 Å². The van der Waals surface area contributed by atoms with Crippen molar-refractivity contribution in [2.75, 3.05) is 0 Å². The van der Waals surface area contributed by atoms with Crippen LogP contribution in [0.25, 0.3) is 0 Å². The van der Waals surface area contributed by atoms with Gasteiger partial charge in [-0.1, -0.05) is 31.0 Å². The van der Waals surface area contributed by atoms with Gasteiger partial charge in [-0.15, -0.1) is 0 Å². The van der Waals surface area contributed by atoms with Crippen LogP contribution in [-0.2, 0) is 22.4 Å². The Bertz CT molecular complexity index is 591. The minimum Gasteiger partial charge on any atom is -0.345 e. The van der Waals surface area contributed by atoms with E-state index in [0.717, 1.165) is 44.1 Å². The fourth-order valence-electron chi connectivity index (χ4n) is 3.69. The monoisotopic (exact) mass is 314 g/mol. The fraction of sp³-hybridized carbons (Fsp3) is 0.579. The van der Waals surface area contributed by atoms with E-state index >= 15 is 0 Å². The van der Waals surface area contributed by atoms with Crippen molar-refractivity contribution in [2.45, 2.75) is 70.4 Å². The third-order valence-corrected chi connectivity index (χ3v) is 5.12. The van der Waals surface area contributed by atoms with Crippen LogP contribution in [0.2, 0.25) is 0 Å². The van der Waals surface area contributed by atoms with E-state index in [0.29, 0.717) is 0 Å². The Morgan fingerprint density at radius 3 is 2.43 bits per heavy atom. The summed E-state index contributed by atoms with van der Waals surface area (Å²) in [4.78, 5) is 24.1. The Morgan fingerprint density at radius 2 is 1.70 bits per heavy atom. The standard InChI is InChI=1S/C19H26N2O2/c1-13(15-11-10-14-6-2-3-7-16(14)12-15)20-18(22)19(23)21-17-8-4-5-9-17/h10-13,17H,2-9H2,1H3,(H,20,22)(H,21,23). The molecule has 1 aromatic rings. The van der Waals surface area contributed by atoms with Gasteiger partial charge < -0.3 is 10.6 Å². The quantitative estimate of drug-likeness (QED) is 0.843. The number of carbonyl (C=O) groups excluding carboxylic acids is 2. The van der Waals surface area contributed by atoms with E-state index in [-0.39, 0.29) is 12.1 Å². The molecule has 4 heteroatoms. The highest BCUT2D eigenvalue weighted by Gasteiger charge is 2.23. The van der Waals surface area contributed by atoms with Crippen LogP contribution in [0.3, 0.4) is 0 Å². The molecule has 4 nitrogen and oxygen atoms in total. The van der Waals surface area contributed by atoms with Gasteiger partial charge in [-0.05, 0) is 62.1 Å². The molecule has 1 unspecified atom stereocenters. The molecule has 0 saturated heterocycles. The molecular formula is C19H26N2O2. The molecule has 2 aliphatic rings. The fourth-order valence-corrected chi connectivity index (χ4v) is 3.69. The zero-order chi connectivity index (χ0) is 16.2. The molecule has 0 heterocycles. The first-order chi connectivity index (χ1) is 11.1. The Morgan fingerprint density at radius 1 is 1.00 bits per heavy atom. The summed E-state index contributed by atoms with van der Waals surface area (Å²) in [7, 11) is 0. The van der Waals surface area contributed by atoms with Crippen LogP contribution in [0.1, 0.15) is 68.2 Å². The largest absolute Gasteiger partial charge is 0.345 e. The van der Waals surface area contributed by atoms with Crippen molar-refractivity contribution >= 4 is 11.8 Å². The minimum atomic E-state index is -0.526. The van der Waals surface area contributed by atoms with Crippen LogP contribution in [-0.4, -0.2) is 17.9 Å². The molecule has 3 rings (SSSR count). The summed E-state index contributed by atoms with van der Waals surface area (Å²) in [6.45, 7) is 1.94. The van der Waals surface area contributed by atoms with Gasteiger partial charge in [0.15, 0.2) is 0 Å². The Hall–Kier alpha value is -1.84. The van der Waals surface area contributed by atoms with Crippen LogP contribution in [0, 0.1) is 0 Å². The van der Waals surface area contributed by atoms with Crippen molar-refractivity contribution in [1.82, 2.24) is 10.6 Å². The average Bonchev–Trinajstić information content (AvgIpc) is 3.07. The van der Waals surface area contributed by atoms with Gasteiger partial charge in [-0.3, -0.25) is 9.59 Å². The molecule has 1 atom stereocenters. The van der Waals surface area contributed by atoms with E-state index < -0.39 is 11.8 Å². The van der Waals surface area contributed by atoms with Gasteiger partial charge in [-0.2, -0.15) is 0 Å². The molecule has 0 bridgehead atoms. The van der Waals surface area contributed by atoms with Gasteiger partial charge in [0, 0.05) is 6.04 Å². The molecular weight excluding hydrogens is 288 g/mol. The third kappa shape index (κ3) is 3.92. The maximum Gasteiger partial charge on any atom is 0.309 e. The Labute approximate surface area is 138 Å². The maximum absolute atomic E-state index is 12.1. The summed E-state index contributed by atoms with van der Waals surface area (Å²) in [6, 6.07) is 6.46. The molecule has 1 fully saturated rings. The molecule has 2 amide bonds. The summed E-state index contributed by atoms with van der Waals surface area (Å²) in [6.07, 6.45) is 9.02. The minimum absolute atomic E-state index is 0.149. The zero-order valence-corrected chi connectivity index (χ0v) is 13.9. The number of aryl methyl sites for hydroxylation is 2. The lowest BCUT2D eigenvalue weighted by Gasteiger charge is -2.20. The second kappa shape index (κ2) is 7.16. The second-order valence-corrected chi connectivity index (χ2v) is 6.89. The van der Waals surface area contributed by atoms with Crippen molar-refractivity contribution in [1.29, 1.82) is 0 Å². The smallest absolute Gasteiger partial charge is 0.309 e. The maximum atomic E-state index is 12.1. The number of hydrogen-bond acceptors (Lipinski definition) is 2. The van der Waals surface area contributed by atoms with Crippen molar-refractivity contribution in [3.05, 3.63) is 34.9 Å². The van der Waals surface area contributed by atoms with Crippen molar-refractivity contribution in [3.8, 4) is 0 Å². The van der Waals surface area contributed by atoms with E-state index in [4.69, 9.17) is 0 Å². The first kappa shape index (κ1) is 16.0. The predicted molar refractivity (Wildman–Crippen MR) is 90.0 cm³/mol.